The molecule has 0 aromatic heterocycles. The van der Waals surface area contributed by atoms with Gasteiger partial charge in [-0.25, -0.2) is 0 Å². The second-order valence-corrected chi connectivity index (χ2v) is 3.28. The molecular formula is C11H16S. The lowest BCUT2D eigenvalue weighted by atomic mass is 10.1. The maximum absolute atomic E-state index is 7.87. The summed E-state index contributed by atoms with van der Waals surface area (Å²) >= 11 is 4.15. The summed E-state index contributed by atoms with van der Waals surface area (Å²) < 4.78 is 7.87. The zero-order valence-electron chi connectivity index (χ0n) is 8.24. The van der Waals surface area contributed by atoms with Crippen LogP contribution in [-0.2, 0) is 6.40 Å². The molecular weight excluding hydrogens is 164 g/mol. The van der Waals surface area contributed by atoms with Crippen LogP contribution in [0.5, 0.6) is 0 Å². The van der Waals surface area contributed by atoms with E-state index in [4.69, 9.17) is 1.37 Å². The fourth-order valence-corrected chi connectivity index (χ4v) is 1.34. The molecule has 0 heterocycles. The lowest BCUT2D eigenvalue weighted by Crippen LogP contribution is -1.85. The monoisotopic (exact) mass is 181 g/mol. The molecule has 0 saturated carbocycles. The molecule has 1 aromatic carbocycles. The van der Waals surface area contributed by atoms with E-state index in [1.165, 1.54) is 0 Å². The fraction of sp³-hybridized carbons (Fsp3) is 0.455. The van der Waals surface area contributed by atoms with Gasteiger partial charge in [0, 0.05) is 1.37 Å². The molecule has 66 valence electrons. The van der Waals surface area contributed by atoms with E-state index in [0.29, 0.717) is 0 Å². The van der Waals surface area contributed by atoms with Crippen molar-refractivity contribution in [3.8, 4) is 0 Å². The Bertz CT molecular complexity index is 223. The highest BCUT2D eigenvalue weighted by Gasteiger charge is 1.90. The normalized spacial score (nSPS) is 13.9. The zero-order valence-corrected chi connectivity index (χ0v) is 8.13. The molecule has 1 atom stereocenters. The van der Waals surface area contributed by atoms with Crippen molar-refractivity contribution in [2.24, 2.45) is 0 Å². The second kappa shape index (κ2) is 6.13. The molecule has 0 spiro atoms. The van der Waals surface area contributed by atoms with E-state index in [1.807, 2.05) is 30.3 Å². The van der Waals surface area contributed by atoms with E-state index in [9.17, 15) is 0 Å². The minimum atomic E-state index is -0.0546. The Balaban J connectivity index is 2.35. The van der Waals surface area contributed by atoms with Crippen molar-refractivity contribution in [1.82, 2.24) is 0 Å². The topological polar surface area (TPSA) is 0 Å². The Hall–Kier alpha value is -0.430. The average Bonchev–Trinajstić information content (AvgIpc) is 2.19. The highest BCUT2D eigenvalue weighted by molar-refractivity contribution is 7.80. The lowest BCUT2D eigenvalue weighted by Gasteiger charge is -1.99. The van der Waals surface area contributed by atoms with Crippen LogP contribution >= 0.6 is 12.6 Å². The van der Waals surface area contributed by atoms with Gasteiger partial charge in [0.15, 0.2) is 0 Å². The summed E-state index contributed by atoms with van der Waals surface area (Å²) in [6.45, 7) is 0. The number of aryl methyl sites for hydroxylation is 1. The first-order valence-electron chi connectivity index (χ1n) is 5.00. The van der Waals surface area contributed by atoms with Crippen molar-refractivity contribution in [2.45, 2.75) is 25.7 Å². The van der Waals surface area contributed by atoms with Gasteiger partial charge in [-0.3, -0.25) is 0 Å². The van der Waals surface area contributed by atoms with Gasteiger partial charge < -0.3 is 0 Å². The van der Waals surface area contributed by atoms with E-state index >= 15 is 0 Å². The van der Waals surface area contributed by atoms with Gasteiger partial charge in [-0.2, -0.15) is 12.6 Å². The number of rotatable bonds is 5. The summed E-state index contributed by atoms with van der Waals surface area (Å²) in [7, 11) is 0. The van der Waals surface area contributed by atoms with Gasteiger partial charge in [0.2, 0.25) is 0 Å². The Morgan fingerprint density at radius 3 is 2.50 bits per heavy atom. The molecule has 0 aliphatic carbocycles. The first kappa shape index (κ1) is 8.18. The van der Waals surface area contributed by atoms with Crippen molar-refractivity contribution < 1.29 is 1.37 Å². The van der Waals surface area contributed by atoms with E-state index in [-0.39, 0.29) is 6.40 Å². The highest BCUT2D eigenvalue weighted by atomic mass is 32.1. The van der Waals surface area contributed by atoms with Crippen molar-refractivity contribution in [3.63, 3.8) is 0 Å². The molecule has 1 rings (SSSR count). The molecule has 0 saturated heterocycles. The van der Waals surface area contributed by atoms with Gasteiger partial charge in [0.1, 0.15) is 0 Å². The minimum Gasteiger partial charge on any atom is -0.179 e. The van der Waals surface area contributed by atoms with Crippen molar-refractivity contribution >= 4 is 12.6 Å². The van der Waals surface area contributed by atoms with Crippen molar-refractivity contribution in [2.75, 3.05) is 5.75 Å². The van der Waals surface area contributed by atoms with E-state index in [0.717, 1.165) is 30.6 Å². The van der Waals surface area contributed by atoms with E-state index < -0.39 is 0 Å². The fourth-order valence-electron chi connectivity index (χ4n) is 1.11. The second-order valence-electron chi connectivity index (χ2n) is 2.83. The predicted molar refractivity (Wildman–Crippen MR) is 57.9 cm³/mol. The average molecular weight is 181 g/mol. The van der Waals surface area contributed by atoms with Crippen molar-refractivity contribution in [1.29, 1.82) is 0 Å². The number of unbranched alkanes of at least 4 members (excludes halogenated alkanes) is 1. The molecule has 0 bridgehead atoms. The summed E-state index contributed by atoms with van der Waals surface area (Å²) in [5.41, 5.74) is 1.13. The number of hydrogen-bond acceptors (Lipinski definition) is 1. The summed E-state index contributed by atoms with van der Waals surface area (Å²) in [5, 5.41) is 0. The smallest absolute Gasteiger partial charge is 0.0316 e. The Morgan fingerprint density at radius 1 is 1.08 bits per heavy atom. The number of benzene rings is 1. The SMILES string of the molecule is [2H]C(CCCCS)c1ccccc1. The van der Waals surface area contributed by atoms with E-state index in [2.05, 4.69) is 12.6 Å². The molecule has 0 aliphatic rings. The number of thiol groups is 1. The lowest BCUT2D eigenvalue weighted by molar-refractivity contribution is 0.723. The van der Waals surface area contributed by atoms with Gasteiger partial charge in [0.25, 0.3) is 0 Å². The first-order chi connectivity index (χ1) is 6.34. The minimum absolute atomic E-state index is 0.0546. The largest absolute Gasteiger partial charge is 0.179 e. The molecule has 1 unspecified atom stereocenters. The quantitative estimate of drug-likeness (QED) is 0.523. The summed E-state index contributed by atoms with van der Waals surface area (Å²) in [4.78, 5) is 0. The predicted octanol–water partition coefficient (Wildman–Crippen LogP) is 3.33. The Kier molecular flexibility index (Phi) is 4.18. The Morgan fingerprint density at radius 2 is 1.83 bits per heavy atom. The molecule has 1 aromatic rings. The van der Waals surface area contributed by atoms with E-state index in [1.54, 1.807) is 0 Å². The third-order valence-corrected chi connectivity index (χ3v) is 2.11. The van der Waals surface area contributed by atoms with Crippen LogP contribution in [0.4, 0.5) is 0 Å². The molecule has 0 nitrogen and oxygen atoms in total. The van der Waals surface area contributed by atoms with Gasteiger partial charge in [-0.1, -0.05) is 36.8 Å². The molecule has 0 N–H and O–H groups in total. The molecule has 1 heteroatoms. The van der Waals surface area contributed by atoms with Crippen LogP contribution in [0, 0.1) is 0 Å². The maximum atomic E-state index is 7.87. The van der Waals surface area contributed by atoms with Crippen LogP contribution < -0.4 is 0 Å². The van der Waals surface area contributed by atoms with Crippen LogP contribution in [-0.4, -0.2) is 5.75 Å². The maximum Gasteiger partial charge on any atom is 0.0316 e. The zero-order chi connectivity index (χ0) is 9.52. The highest BCUT2D eigenvalue weighted by Crippen LogP contribution is 2.06. The van der Waals surface area contributed by atoms with Crippen LogP contribution in [0.3, 0.4) is 0 Å². The van der Waals surface area contributed by atoms with Crippen LogP contribution in [0.25, 0.3) is 0 Å². The van der Waals surface area contributed by atoms with Crippen LogP contribution in [0.15, 0.2) is 30.3 Å². The van der Waals surface area contributed by atoms with Gasteiger partial charge >= 0.3 is 0 Å². The summed E-state index contributed by atoms with van der Waals surface area (Å²) in [6.07, 6.45) is 3.11. The van der Waals surface area contributed by atoms with Crippen LogP contribution in [0.1, 0.15) is 26.2 Å². The third-order valence-electron chi connectivity index (χ3n) is 1.79. The Labute approximate surface area is 81.8 Å². The first-order valence-corrected chi connectivity index (χ1v) is 5.06. The van der Waals surface area contributed by atoms with Gasteiger partial charge in [-0.05, 0) is 30.6 Å². The summed E-state index contributed by atoms with van der Waals surface area (Å²) in [5.74, 6) is 0.932. The number of hydrogen-bond donors (Lipinski definition) is 1. The van der Waals surface area contributed by atoms with Gasteiger partial charge in [-0.15, -0.1) is 0 Å². The van der Waals surface area contributed by atoms with Crippen molar-refractivity contribution in [3.05, 3.63) is 35.9 Å². The third kappa shape index (κ3) is 3.82. The molecule has 0 aliphatic heterocycles. The van der Waals surface area contributed by atoms with Gasteiger partial charge in [0.05, 0.1) is 0 Å². The molecule has 12 heavy (non-hydrogen) atoms. The van der Waals surface area contributed by atoms with Crippen LogP contribution in [0.2, 0.25) is 0 Å². The molecule has 0 radical (unpaired) electrons. The molecule has 0 fully saturated rings. The summed E-state index contributed by atoms with van der Waals surface area (Å²) in [6, 6.07) is 10.0. The molecule has 0 amide bonds. The standard InChI is InChI=1S/C11H16S/c12-10-6-2-5-9-11-7-3-1-4-8-11/h1,3-4,7-8,12H,2,5-6,9-10H2/i9D.